The van der Waals surface area contributed by atoms with Crippen LogP contribution in [0.2, 0.25) is 0 Å². The summed E-state index contributed by atoms with van der Waals surface area (Å²) in [5, 5.41) is 13.3. The van der Waals surface area contributed by atoms with Crippen molar-refractivity contribution in [3.8, 4) is 0 Å². The summed E-state index contributed by atoms with van der Waals surface area (Å²) >= 11 is 0. The second kappa shape index (κ2) is 6.88. The zero-order valence-corrected chi connectivity index (χ0v) is 11.1. The van der Waals surface area contributed by atoms with Gasteiger partial charge >= 0.3 is 0 Å². The summed E-state index contributed by atoms with van der Waals surface area (Å²) in [5.41, 5.74) is 2.28. The largest absolute Gasteiger partial charge is 0.387 e. The molecule has 1 heterocycles. The molecule has 1 aliphatic heterocycles. The Bertz CT molecular complexity index is 344. The lowest BCUT2D eigenvalue weighted by molar-refractivity contribution is 0.103. The first-order valence-electron chi connectivity index (χ1n) is 6.89. The molecule has 1 saturated heterocycles. The Morgan fingerprint density at radius 2 is 2.17 bits per heavy atom. The third kappa shape index (κ3) is 3.80. The maximum absolute atomic E-state index is 10.1. The molecule has 0 saturated carbocycles. The van der Waals surface area contributed by atoms with Gasteiger partial charge in [0.1, 0.15) is 0 Å². The van der Waals surface area contributed by atoms with Crippen molar-refractivity contribution in [3.63, 3.8) is 0 Å². The summed E-state index contributed by atoms with van der Waals surface area (Å²) in [5.74, 6) is 0. The van der Waals surface area contributed by atoms with Crippen molar-refractivity contribution >= 4 is 0 Å². The third-order valence-electron chi connectivity index (χ3n) is 3.51. The van der Waals surface area contributed by atoms with Gasteiger partial charge in [0.25, 0.3) is 0 Å². The van der Waals surface area contributed by atoms with Crippen LogP contribution in [0.5, 0.6) is 0 Å². The number of hydrogen-bond donors (Lipinski definition) is 2. The molecule has 0 aromatic heterocycles. The molecule has 2 unspecified atom stereocenters. The van der Waals surface area contributed by atoms with Crippen molar-refractivity contribution in [1.29, 1.82) is 0 Å². The van der Waals surface area contributed by atoms with Gasteiger partial charge in [0, 0.05) is 19.7 Å². The minimum absolute atomic E-state index is 0.333. The van der Waals surface area contributed by atoms with E-state index in [-0.39, 0.29) is 0 Å². The zero-order chi connectivity index (χ0) is 12.8. The van der Waals surface area contributed by atoms with Crippen LogP contribution < -0.4 is 5.32 Å². The fraction of sp³-hybridized carbons (Fsp3) is 0.600. The normalized spacial score (nSPS) is 21.1. The molecule has 2 atom stereocenters. The first kappa shape index (κ1) is 13.5. The van der Waals surface area contributed by atoms with Crippen LogP contribution in [0.4, 0.5) is 0 Å². The van der Waals surface area contributed by atoms with E-state index in [0.29, 0.717) is 12.6 Å². The fourth-order valence-corrected chi connectivity index (χ4v) is 2.28. The SMILES string of the molecule is CCc1ccc(C(O)CNCC2CCCO2)cc1. The van der Waals surface area contributed by atoms with E-state index in [1.54, 1.807) is 0 Å². The number of aryl methyl sites for hydroxylation is 1. The summed E-state index contributed by atoms with van der Waals surface area (Å²) < 4.78 is 5.53. The molecule has 1 aliphatic rings. The molecule has 18 heavy (non-hydrogen) atoms. The second-order valence-corrected chi connectivity index (χ2v) is 4.90. The van der Waals surface area contributed by atoms with Crippen LogP contribution in [-0.4, -0.2) is 30.9 Å². The molecule has 0 amide bonds. The molecule has 0 aliphatic carbocycles. The summed E-state index contributed by atoms with van der Waals surface area (Å²) in [6.45, 7) is 4.44. The quantitative estimate of drug-likeness (QED) is 0.811. The number of hydrogen-bond acceptors (Lipinski definition) is 3. The average Bonchev–Trinajstić information content (AvgIpc) is 2.92. The number of nitrogens with one attached hydrogen (secondary N) is 1. The van der Waals surface area contributed by atoms with E-state index in [1.165, 1.54) is 5.56 Å². The Morgan fingerprint density at radius 1 is 1.39 bits per heavy atom. The Morgan fingerprint density at radius 3 is 2.78 bits per heavy atom. The van der Waals surface area contributed by atoms with Crippen molar-refractivity contribution in [2.24, 2.45) is 0 Å². The maximum atomic E-state index is 10.1. The Labute approximate surface area is 109 Å². The molecule has 1 aromatic rings. The van der Waals surface area contributed by atoms with Gasteiger partial charge in [-0.15, -0.1) is 0 Å². The van der Waals surface area contributed by atoms with E-state index in [2.05, 4.69) is 24.4 Å². The summed E-state index contributed by atoms with van der Waals surface area (Å²) in [6, 6.07) is 8.19. The van der Waals surface area contributed by atoms with Crippen molar-refractivity contribution in [1.82, 2.24) is 5.32 Å². The van der Waals surface area contributed by atoms with E-state index in [9.17, 15) is 5.11 Å². The molecule has 0 bridgehead atoms. The standard InChI is InChI=1S/C15H23NO2/c1-2-12-5-7-13(8-6-12)15(17)11-16-10-14-4-3-9-18-14/h5-8,14-17H,2-4,9-11H2,1H3. The molecule has 3 nitrogen and oxygen atoms in total. The smallest absolute Gasteiger partial charge is 0.0914 e. The van der Waals surface area contributed by atoms with Gasteiger partial charge in [0.15, 0.2) is 0 Å². The lowest BCUT2D eigenvalue weighted by Gasteiger charge is -2.15. The lowest BCUT2D eigenvalue weighted by atomic mass is 10.1. The Kier molecular flexibility index (Phi) is 5.17. The minimum atomic E-state index is -0.433. The predicted octanol–water partition coefficient (Wildman–Crippen LogP) is 2.05. The van der Waals surface area contributed by atoms with Crippen LogP contribution >= 0.6 is 0 Å². The molecule has 2 rings (SSSR count). The first-order valence-corrected chi connectivity index (χ1v) is 6.89. The van der Waals surface area contributed by atoms with E-state index in [1.807, 2.05) is 12.1 Å². The van der Waals surface area contributed by atoms with Gasteiger partial charge < -0.3 is 15.2 Å². The van der Waals surface area contributed by atoms with Gasteiger partial charge in [-0.25, -0.2) is 0 Å². The highest BCUT2D eigenvalue weighted by atomic mass is 16.5. The van der Waals surface area contributed by atoms with Crippen LogP contribution in [0.1, 0.15) is 37.0 Å². The number of aliphatic hydroxyl groups excluding tert-OH is 1. The van der Waals surface area contributed by atoms with Crippen molar-refractivity contribution in [2.75, 3.05) is 19.7 Å². The van der Waals surface area contributed by atoms with Gasteiger partial charge in [-0.3, -0.25) is 0 Å². The summed E-state index contributed by atoms with van der Waals surface area (Å²) in [6.07, 6.45) is 3.23. The molecule has 0 radical (unpaired) electrons. The maximum Gasteiger partial charge on any atom is 0.0914 e. The molecule has 2 N–H and O–H groups in total. The van der Waals surface area contributed by atoms with E-state index in [0.717, 1.165) is 38.0 Å². The molecular formula is C15H23NO2. The molecule has 1 fully saturated rings. The van der Waals surface area contributed by atoms with E-state index < -0.39 is 6.10 Å². The third-order valence-corrected chi connectivity index (χ3v) is 3.51. The predicted molar refractivity (Wildman–Crippen MR) is 72.6 cm³/mol. The van der Waals surface area contributed by atoms with Crippen LogP contribution in [0.15, 0.2) is 24.3 Å². The Balaban J connectivity index is 1.74. The van der Waals surface area contributed by atoms with Gasteiger partial charge in [0.05, 0.1) is 12.2 Å². The van der Waals surface area contributed by atoms with Crippen molar-refractivity contribution in [2.45, 2.75) is 38.4 Å². The highest BCUT2D eigenvalue weighted by Crippen LogP contribution is 2.14. The number of ether oxygens (including phenoxy) is 1. The van der Waals surface area contributed by atoms with Gasteiger partial charge in [-0.1, -0.05) is 31.2 Å². The highest BCUT2D eigenvalue weighted by molar-refractivity contribution is 5.24. The van der Waals surface area contributed by atoms with E-state index in [4.69, 9.17) is 4.74 Å². The second-order valence-electron chi connectivity index (χ2n) is 4.90. The zero-order valence-electron chi connectivity index (χ0n) is 11.1. The molecular weight excluding hydrogens is 226 g/mol. The average molecular weight is 249 g/mol. The lowest BCUT2D eigenvalue weighted by Crippen LogP contribution is -2.29. The topological polar surface area (TPSA) is 41.5 Å². The van der Waals surface area contributed by atoms with Crippen LogP contribution in [-0.2, 0) is 11.2 Å². The fourth-order valence-electron chi connectivity index (χ4n) is 2.28. The van der Waals surface area contributed by atoms with Crippen LogP contribution in [0.3, 0.4) is 0 Å². The number of aliphatic hydroxyl groups is 1. The van der Waals surface area contributed by atoms with Crippen molar-refractivity contribution < 1.29 is 9.84 Å². The molecule has 0 spiro atoms. The van der Waals surface area contributed by atoms with E-state index >= 15 is 0 Å². The minimum Gasteiger partial charge on any atom is -0.387 e. The number of rotatable bonds is 6. The summed E-state index contributed by atoms with van der Waals surface area (Å²) in [4.78, 5) is 0. The molecule has 100 valence electrons. The van der Waals surface area contributed by atoms with Gasteiger partial charge in [0.2, 0.25) is 0 Å². The van der Waals surface area contributed by atoms with Crippen molar-refractivity contribution in [3.05, 3.63) is 35.4 Å². The Hall–Kier alpha value is -0.900. The van der Waals surface area contributed by atoms with Gasteiger partial charge in [-0.2, -0.15) is 0 Å². The van der Waals surface area contributed by atoms with Crippen LogP contribution in [0, 0.1) is 0 Å². The monoisotopic (exact) mass is 249 g/mol. The molecule has 1 aromatic carbocycles. The van der Waals surface area contributed by atoms with Gasteiger partial charge in [-0.05, 0) is 30.4 Å². The molecule has 3 heteroatoms. The first-order chi connectivity index (χ1) is 8.79. The highest BCUT2D eigenvalue weighted by Gasteiger charge is 2.15. The number of benzene rings is 1. The van der Waals surface area contributed by atoms with Crippen LogP contribution in [0.25, 0.3) is 0 Å². The summed E-state index contributed by atoms with van der Waals surface area (Å²) in [7, 11) is 0.